The van der Waals surface area contributed by atoms with Crippen molar-refractivity contribution >= 4 is 29.7 Å². The predicted molar refractivity (Wildman–Crippen MR) is 70.1 cm³/mol. The molecule has 0 saturated carbocycles. The standard InChI is InChI=1S/C12H12N2O4S/c1-19-7-6-13(12(17)18)14-10(15)8-4-2-3-5-9(8)11(14)16/h2-5H,6-7H2,1H3,(H,17,18). The Balaban J connectivity index is 2.33. The zero-order valence-electron chi connectivity index (χ0n) is 10.2. The second-order valence-electron chi connectivity index (χ2n) is 3.87. The maximum atomic E-state index is 12.1. The average Bonchev–Trinajstić information content (AvgIpc) is 2.64. The first-order chi connectivity index (χ1) is 9.07. The minimum atomic E-state index is -1.32. The lowest BCUT2D eigenvalue weighted by Crippen LogP contribution is -2.50. The van der Waals surface area contributed by atoms with Crippen LogP contribution in [0.5, 0.6) is 0 Å². The molecular weight excluding hydrogens is 268 g/mol. The molecule has 1 aromatic rings. The van der Waals surface area contributed by atoms with Gasteiger partial charge in [0.1, 0.15) is 0 Å². The number of nitrogens with zero attached hydrogens (tertiary/aromatic N) is 2. The lowest BCUT2D eigenvalue weighted by atomic mass is 10.1. The first kappa shape index (κ1) is 13.4. The number of hydrogen-bond donors (Lipinski definition) is 1. The van der Waals surface area contributed by atoms with Gasteiger partial charge in [0.2, 0.25) is 0 Å². The van der Waals surface area contributed by atoms with Crippen LogP contribution in [0.25, 0.3) is 0 Å². The summed E-state index contributed by atoms with van der Waals surface area (Å²) in [5.41, 5.74) is 0.478. The van der Waals surface area contributed by atoms with Crippen LogP contribution in [0.1, 0.15) is 20.7 Å². The molecule has 0 atom stereocenters. The zero-order chi connectivity index (χ0) is 14.0. The first-order valence-corrected chi connectivity index (χ1v) is 6.94. The lowest BCUT2D eigenvalue weighted by molar-refractivity contribution is 0.00900. The number of amides is 3. The quantitative estimate of drug-likeness (QED) is 0.846. The van der Waals surface area contributed by atoms with E-state index in [4.69, 9.17) is 5.11 Å². The number of hydrogen-bond acceptors (Lipinski definition) is 4. The van der Waals surface area contributed by atoms with Gasteiger partial charge < -0.3 is 5.11 Å². The van der Waals surface area contributed by atoms with Crippen LogP contribution in [0.3, 0.4) is 0 Å². The predicted octanol–water partition coefficient (Wildman–Crippen LogP) is 1.54. The highest BCUT2D eigenvalue weighted by Gasteiger charge is 2.40. The first-order valence-electron chi connectivity index (χ1n) is 5.55. The summed E-state index contributed by atoms with van der Waals surface area (Å²) in [6, 6.07) is 6.31. The summed E-state index contributed by atoms with van der Waals surface area (Å²) in [4.78, 5) is 35.4. The molecule has 100 valence electrons. The molecule has 0 bridgehead atoms. The van der Waals surface area contributed by atoms with Crippen LogP contribution in [-0.4, -0.2) is 51.6 Å². The van der Waals surface area contributed by atoms with Gasteiger partial charge in [-0.25, -0.2) is 9.80 Å². The number of imide groups is 1. The fourth-order valence-corrected chi connectivity index (χ4v) is 2.21. The van der Waals surface area contributed by atoms with Gasteiger partial charge in [0.05, 0.1) is 17.7 Å². The van der Waals surface area contributed by atoms with Gasteiger partial charge in [-0.1, -0.05) is 12.1 Å². The monoisotopic (exact) mass is 280 g/mol. The summed E-state index contributed by atoms with van der Waals surface area (Å²) in [6.45, 7) is 0.0853. The number of hydrazine groups is 1. The number of rotatable bonds is 4. The van der Waals surface area contributed by atoms with Crippen molar-refractivity contribution < 1.29 is 19.5 Å². The van der Waals surface area contributed by atoms with E-state index in [1.807, 2.05) is 6.26 Å². The summed E-state index contributed by atoms with van der Waals surface area (Å²) in [7, 11) is 0. The lowest BCUT2D eigenvalue weighted by Gasteiger charge is -2.26. The third-order valence-corrected chi connectivity index (χ3v) is 3.33. The Hall–Kier alpha value is -2.02. The van der Waals surface area contributed by atoms with Crippen molar-refractivity contribution in [3.8, 4) is 0 Å². The third-order valence-electron chi connectivity index (χ3n) is 2.74. The van der Waals surface area contributed by atoms with Crippen LogP contribution in [0.2, 0.25) is 0 Å². The number of carbonyl (C=O) groups excluding carboxylic acids is 2. The van der Waals surface area contributed by atoms with Gasteiger partial charge >= 0.3 is 6.09 Å². The van der Waals surface area contributed by atoms with E-state index < -0.39 is 17.9 Å². The van der Waals surface area contributed by atoms with Crippen molar-refractivity contribution in [3.63, 3.8) is 0 Å². The molecule has 0 unspecified atom stereocenters. The van der Waals surface area contributed by atoms with Gasteiger partial charge in [-0.05, 0) is 18.4 Å². The molecule has 3 amide bonds. The fourth-order valence-electron chi connectivity index (χ4n) is 1.85. The van der Waals surface area contributed by atoms with Crippen molar-refractivity contribution in [1.82, 2.24) is 10.0 Å². The van der Waals surface area contributed by atoms with Crippen LogP contribution >= 0.6 is 11.8 Å². The van der Waals surface area contributed by atoms with Crippen LogP contribution < -0.4 is 0 Å². The summed E-state index contributed by atoms with van der Waals surface area (Å²) in [5.74, 6) is -0.687. The summed E-state index contributed by atoms with van der Waals surface area (Å²) >= 11 is 1.44. The molecule has 0 aromatic heterocycles. The van der Waals surface area contributed by atoms with Gasteiger partial charge in [-0.2, -0.15) is 16.8 Å². The van der Waals surface area contributed by atoms with Crippen LogP contribution in [0, 0.1) is 0 Å². The summed E-state index contributed by atoms with van der Waals surface area (Å²) in [5, 5.41) is 10.6. The number of carbonyl (C=O) groups is 3. The van der Waals surface area contributed by atoms with Crippen molar-refractivity contribution in [1.29, 1.82) is 0 Å². The largest absolute Gasteiger partial charge is 0.464 e. The van der Waals surface area contributed by atoms with Crippen molar-refractivity contribution in [3.05, 3.63) is 35.4 Å². The van der Waals surface area contributed by atoms with Crippen molar-refractivity contribution in [2.45, 2.75) is 0 Å². The summed E-state index contributed by atoms with van der Waals surface area (Å²) < 4.78 is 0. The molecule has 1 N–H and O–H groups in total. The summed E-state index contributed by atoms with van der Waals surface area (Å²) in [6.07, 6.45) is 0.506. The minimum absolute atomic E-state index is 0.0853. The third kappa shape index (κ3) is 2.28. The molecule has 1 aliphatic rings. The zero-order valence-corrected chi connectivity index (χ0v) is 11.0. The smallest absolute Gasteiger partial charge is 0.426 e. The van der Waals surface area contributed by atoms with Gasteiger partial charge in [0, 0.05) is 5.75 Å². The maximum absolute atomic E-state index is 12.1. The Morgan fingerprint density at radius 2 is 1.79 bits per heavy atom. The van der Waals surface area contributed by atoms with E-state index in [1.165, 1.54) is 23.9 Å². The van der Waals surface area contributed by atoms with E-state index in [0.29, 0.717) is 10.8 Å². The molecule has 1 heterocycles. The minimum Gasteiger partial charge on any atom is -0.464 e. The molecule has 0 fully saturated rings. The normalized spacial score (nSPS) is 13.6. The highest BCUT2D eigenvalue weighted by Crippen LogP contribution is 2.24. The van der Waals surface area contributed by atoms with Gasteiger partial charge in [0.15, 0.2) is 0 Å². The average molecular weight is 280 g/mol. The van der Waals surface area contributed by atoms with Crippen molar-refractivity contribution in [2.24, 2.45) is 0 Å². The molecule has 7 heteroatoms. The molecule has 1 aromatic carbocycles. The molecular formula is C12H12N2O4S. The van der Waals surface area contributed by atoms with Gasteiger partial charge in [-0.3, -0.25) is 9.59 Å². The fraction of sp³-hybridized carbons (Fsp3) is 0.250. The SMILES string of the molecule is CSCCN(C(=O)O)N1C(=O)c2ccccc2C1=O. The molecule has 0 saturated heterocycles. The topological polar surface area (TPSA) is 77.9 Å². The number of fused-ring (bicyclic) bond motifs is 1. The van der Waals surface area contributed by atoms with Gasteiger partial charge in [-0.15, -0.1) is 0 Å². The van der Waals surface area contributed by atoms with E-state index in [1.54, 1.807) is 12.1 Å². The van der Waals surface area contributed by atoms with Crippen molar-refractivity contribution in [2.75, 3.05) is 18.6 Å². The van der Waals surface area contributed by atoms with E-state index in [2.05, 4.69) is 0 Å². The van der Waals surface area contributed by atoms with Crippen LogP contribution in [-0.2, 0) is 0 Å². The molecule has 19 heavy (non-hydrogen) atoms. The van der Waals surface area contributed by atoms with E-state index >= 15 is 0 Å². The Labute approximate surface area is 114 Å². The molecule has 1 aliphatic heterocycles. The molecule has 0 radical (unpaired) electrons. The Kier molecular flexibility index (Phi) is 3.75. The Bertz CT molecular complexity index is 511. The number of benzene rings is 1. The molecule has 0 aliphatic carbocycles. The number of thioether (sulfide) groups is 1. The Morgan fingerprint density at radius 3 is 2.21 bits per heavy atom. The van der Waals surface area contributed by atoms with Gasteiger partial charge in [0.25, 0.3) is 11.8 Å². The molecule has 6 nitrogen and oxygen atoms in total. The van der Waals surface area contributed by atoms with Crippen LogP contribution in [0.15, 0.2) is 24.3 Å². The molecule has 0 spiro atoms. The van der Waals surface area contributed by atoms with Crippen LogP contribution in [0.4, 0.5) is 4.79 Å². The highest BCUT2D eigenvalue weighted by atomic mass is 32.2. The Morgan fingerprint density at radius 1 is 1.26 bits per heavy atom. The van der Waals surface area contributed by atoms with E-state index in [9.17, 15) is 14.4 Å². The van der Waals surface area contributed by atoms with E-state index in [0.717, 1.165) is 5.01 Å². The highest BCUT2D eigenvalue weighted by molar-refractivity contribution is 7.98. The second-order valence-corrected chi connectivity index (χ2v) is 4.85. The van der Waals surface area contributed by atoms with E-state index in [-0.39, 0.29) is 17.7 Å². The number of carboxylic acid groups (broad SMARTS) is 1. The second kappa shape index (κ2) is 5.31. The molecule has 2 rings (SSSR count). The maximum Gasteiger partial charge on any atom is 0.426 e.